The molecule has 1 saturated heterocycles. The lowest BCUT2D eigenvalue weighted by atomic mass is 9.93. The molecule has 6 nitrogen and oxygen atoms in total. The summed E-state index contributed by atoms with van der Waals surface area (Å²) >= 11 is 0. The third-order valence-corrected chi connectivity index (χ3v) is 6.02. The van der Waals surface area contributed by atoms with E-state index in [2.05, 4.69) is 31.7 Å². The van der Waals surface area contributed by atoms with Gasteiger partial charge in [-0.1, -0.05) is 0 Å². The fourth-order valence-electron chi connectivity index (χ4n) is 4.32. The van der Waals surface area contributed by atoms with Crippen LogP contribution in [0.2, 0.25) is 0 Å². The highest BCUT2D eigenvalue weighted by molar-refractivity contribution is 5.95. The molecule has 4 rings (SSSR count). The van der Waals surface area contributed by atoms with Crippen molar-refractivity contribution in [2.45, 2.75) is 52.2 Å². The second kappa shape index (κ2) is 7.45. The lowest BCUT2D eigenvalue weighted by Crippen LogP contribution is -2.39. The van der Waals surface area contributed by atoms with E-state index in [1.54, 1.807) is 0 Å². The Morgan fingerprint density at radius 1 is 1.42 bits per heavy atom. The van der Waals surface area contributed by atoms with E-state index in [1.165, 1.54) is 0 Å². The fraction of sp³-hybridized carbons (Fsp3) is 0.579. The number of aryl methyl sites for hydroxylation is 2. The molecule has 2 fully saturated rings. The molecule has 26 heavy (non-hydrogen) atoms. The molecule has 2 aliphatic rings. The minimum Gasteiger partial charge on any atom is -0.365 e. The van der Waals surface area contributed by atoms with Gasteiger partial charge < -0.3 is 19.8 Å². The first-order valence-corrected chi connectivity index (χ1v) is 9.30. The minimum absolute atomic E-state index is 0. The topological polar surface area (TPSA) is 66.0 Å². The van der Waals surface area contributed by atoms with Crippen molar-refractivity contribution in [3.05, 3.63) is 41.7 Å². The standard InChI is InChI=1S/C19H27N5O.ClH/c1-3-23-11-10-22-17(23)13-24(18(25)15-4-7-21-14(15)2)16-12-19(16)5-8-20-9-6-19;/h4,7,10-11,16,20-21H,3,5-6,8-9,12-13H2,1-2H3;1H. The number of nitrogens with zero attached hydrogens (tertiary/aromatic N) is 3. The average Bonchev–Trinajstić information content (AvgIpc) is 2.99. The Hall–Kier alpha value is -1.79. The second-order valence-corrected chi connectivity index (χ2v) is 7.41. The normalized spacial score (nSPS) is 20.6. The molecule has 0 radical (unpaired) electrons. The third kappa shape index (κ3) is 3.28. The van der Waals surface area contributed by atoms with Crippen LogP contribution in [0.3, 0.4) is 0 Å². The van der Waals surface area contributed by atoms with E-state index >= 15 is 0 Å². The minimum atomic E-state index is 0. The molecule has 1 amide bonds. The van der Waals surface area contributed by atoms with Gasteiger partial charge in [0.25, 0.3) is 5.91 Å². The summed E-state index contributed by atoms with van der Waals surface area (Å²) in [6.07, 6.45) is 9.12. The number of aromatic amines is 1. The van der Waals surface area contributed by atoms with E-state index in [1.807, 2.05) is 31.6 Å². The summed E-state index contributed by atoms with van der Waals surface area (Å²) in [7, 11) is 0. The summed E-state index contributed by atoms with van der Waals surface area (Å²) < 4.78 is 2.13. The number of halogens is 1. The van der Waals surface area contributed by atoms with Gasteiger partial charge in [-0.25, -0.2) is 4.98 Å². The monoisotopic (exact) mass is 377 g/mol. The first-order valence-electron chi connectivity index (χ1n) is 9.30. The van der Waals surface area contributed by atoms with Crippen LogP contribution in [0.4, 0.5) is 0 Å². The maximum atomic E-state index is 13.3. The van der Waals surface area contributed by atoms with E-state index in [0.717, 1.165) is 56.0 Å². The number of hydrogen-bond acceptors (Lipinski definition) is 3. The molecule has 1 unspecified atom stereocenters. The quantitative estimate of drug-likeness (QED) is 0.842. The zero-order chi connectivity index (χ0) is 17.4. The van der Waals surface area contributed by atoms with Crippen LogP contribution in [0.1, 0.15) is 48.1 Å². The number of carbonyl (C=O) groups excluding carboxylic acids is 1. The van der Waals surface area contributed by atoms with Crippen molar-refractivity contribution in [2.24, 2.45) is 5.41 Å². The Labute approximate surface area is 160 Å². The number of imidazole rings is 1. The van der Waals surface area contributed by atoms with Crippen LogP contribution in [0.5, 0.6) is 0 Å². The van der Waals surface area contributed by atoms with Crippen molar-refractivity contribution >= 4 is 18.3 Å². The van der Waals surface area contributed by atoms with E-state index in [4.69, 9.17) is 0 Å². The fourth-order valence-corrected chi connectivity index (χ4v) is 4.32. The lowest BCUT2D eigenvalue weighted by Gasteiger charge is -2.29. The number of amides is 1. The maximum absolute atomic E-state index is 13.3. The molecule has 1 atom stereocenters. The predicted octanol–water partition coefficient (Wildman–Crippen LogP) is 2.75. The third-order valence-electron chi connectivity index (χ3n) is 6.02. The smallest absolute Gasteiger partial charge is 0.256 e. The van der Waals surface area contributed by atoms with Gasteiger partial charge in [-0.3, -0.25) is 4.79 Å². The Morgan fingerprint density at radius 3 is 2.85 bits per heavy atom. The molecule has 1 aliphatic carbocycles. The first kappa shape index (κ1) is 19.0. The Balaban J connectivity index is 0.00000196. The molecule has 3 heterocycles. The summed E-state index contributed by atoms with van der Waals surface area (Å²) in [5.74, 6) is 1.10. The van der Waals surface area contributed by atoms with E-state index < -0.39 is 0 Å². The van der Waals surface area contributed by atoms with Crippen LogP contribution in [0.25, 0.3) is 0 Å². The van der Waals surface area contributed by atoms with Gasteiger partial charge in [0.05, 0.1) is 12.1 Å². The number of rotatable bonds is 5. The highest BCUT2D eigenvalue weighted by atomic mass is 35.5. The number of aromatic nitrogens is 3. The molecule has 0 bridgehead atoms. The van der Waals surface area contributed by atoms with E-state index in [0.29, 0.717) is 18.0 Å². The van der Waals surface area contributed by atoms with Gasteiger partial charge in [0.1, 0.15) is 5.82 Å². The molecule has 2 aromatic heterocycles. The van der Waals surface area contributed by atoms with Crippen LogP contribution in [-0.2, 0) is 13.1 Å². The van der Waals surface area contributed by atoms with Crippen molar-refractivity contribution < 1.29 is 4.79 Å². The van der Waals surface area contributed by atoms with Gasteiger partial charge in [0.15, 0.2) is 0 Å². The van der Waals surface area contributed by atoms with Crippen LogP contribution >= 0.6 is 12.4 Å². The molecular formula is C19H28ClN5O. The van der Waals surface area contributed by atoms with Gasteiger partial charge in [0, 0.05) is 36.9 Å². The van der Waals surface area contributed by atoms with Crippen LogP contribution in [-0.4, -0.2) is 44.5 Å². The van der Waals surface area contributed by atoms with Crippen molar-refractivity contribution in [3.8, 4) is 0 Å². The largest absolute Gasteiger partial charge is 0.365 e. The second-order valence-electron chi connectivity index (χ2n) is 7.41. The molecule has 1 aliphatic heterocycles. The molecule has 1 saturated carbocycles. The lowest BCUT2D eigenvalue weighted by molar-refractivity contribution is 0.0684. The Morgan fingerprint density at radius 2 is 2.19 bits per heavy atom. The van der Waals surface area contributed by atoms with E-state index in [9.17, 15) is 4.79 Å². The number of carbonyl (C=O) groups is 1. The maximum Gasteiger partial charge on any atom is 0.256 e. The summed E-state index contributed by atoms with van der Waals surface area (Å²) in [6, 6.07) is 2.23. The van der Waals surface area contributed by atoms with Gasteiger partial charge in [-0.15, -0.1) is 12.4 Å². The average molecular weight is 378 g/mol. The van der Waals surface area contributed by atoms with Crippen molar-refractivity contribution in [2.75, 3.05) is 13.1 Å². The number of piperidine rings is 1. The van der Waals surface area contributed by atoms with Crippen molar-refractivity contribution in [1.82, 2.24) is 24.8 Å². The summed E-state index contributed by atoms with van der Waals surface area (Å²) in [5.41, 5.74) is 2.04. The Bertz CT molecular complexity index is 762. The van der Waals surface area contributed by atoms with Gasteiger partial charge in [-0.05, 0) is 57.7 Å². The first-order chi connectivity index (χ1) is 12.1. The molecule has 0 aromatic carbocycles. The van der Waals surface area contributed by atoms with Crippen molar-refractivity contribution in [1.29, 1.82) is 0 Å². The van der Waals surface area contributed by atoms with Crippen LogP contribution in [0, 0.1) is 12.3 Å². The summed E-state index contributed by atoms with van der Waals surface area (Å²) in [4.78, 5) is 23.0. The summed E-state index contributed by atoms with van der Waals surface area (Å²) in [6.45, 7) is 7.66. The predicted molar refractivity (Wildman–Crippen MR) is 103 cm³/mol. The Kier molecular flexibility index (Phi) is 5.44. The van der Waals surface area contributed by atoms with Crippen LogP contribution < -0.4 is 5.32 Å². The SMILES string of the molecule is CCn1ccnc1CN(C(=O)c1cc[nH]c1C)C1CC12CCNCC2.Cl. The zero-order valence-electron chi connectivity index (χ0n) is 15.5. The highest BCUT2D eigenvalue weighted by Crippen LogP contribution is 2.56. The van der Waals surface area contributed by atoms with Crippen LogP contribution in [0.15, 0.2) is 24.7 Å². The number of hydrogen-bond donors (Lipinski definition) is 2. The number of H-pyrrole nitrogens is 1. The van der Waals surface area contributed by atoms with Gasteiger partial charge >= 0.3 is 0 Å². The zero-order valence-corrected chi connectivity index (χ0v) is 16.3. The molecule has 2 N–H and O–H groups in total. The molecule has 1 spiro atoms. The van der Waals surface area contributed by atoms with E-state index in [-0.39, 0.29) is 18.3 Å². The van der Waals surface area contributed by atoms with Gasteiger partial charge in [0.2, 0.25) is 0 Å². The molecular weight excluding hydrogens is 350 g/mol. The van der Waals surface area contributed by atoms with Gasteiger partial charge in [-0.2, -0.15) is 0 Å². The van der Waals surface area contributed by atoms with Crippen molar-refractivity contribution in [3.63, 3.8) is 0 Å². The molecule has 142 valence electrons. The highest BCUT2D eigenvalue weighted by Gasteiger charge is 2.58. The molecule has 2 aromatic rings. The summed E-state index contributed by atoms with van der Waals surface area (Å²) in [5, 5.41) is 3.44. The number of nitrogens with one attached hydrogen (secondary N) is 2. The molecule has 7 heteroatoms.